The van der Waals surface area contributed by atoms with Crippen LogP contribution in [0.15, 0.2) is 18.2 Å². The average Bonchev–Trinajstić information content (AvgIpc) is 2.28. The Morgan fingerprint density at radius 2 is 2.24 bits per heavy atom. The van der Waals surface area contributed by atoms with Crippen LogP contribution in [0.3, 0.4) is 0 Å². The Kier molecular flexibility index (Phi) is 4.30. The van der Waals surface area contributed by atoms with Crippen molar-refractivity contribution in [3.63, 3.8) is 0 Å². The van der Waals surface area contributed by atoms with Crippen molar-refractivity contribution in [1.82, 2.24) is 0 Å². The zero-order valence-corrected chi connectivity index (χ0v) is 11.0. The van der Waals surface area contributed by atoms with Crippen LogP contribution in [0.5, 0.6) is 0 Å². The standard InChI is InChI=1S/C14H20ClNO/c1-10-4-2-5-11(8-10)17-9-12-13(15)6-3-7-14(12)16/h3,6-7,10-11H,2,4-5,8-9,16H2,1H3. The van der Waals surface area contributed by atoms with Crippen molar-refractivity contribution in [2.75, 3.05) is 5.73 Å². The molecule has 0 amide bonds. The molecule has 2 nitrogen and oxygen atoms in total. The molecular formula is C14H20ClNO. The Morgan fingerprint density at radius 3 is 2.94 bits per heavy atom. The number of rotatable bonds is 3. The number of ether oxygens (including phenoxy) is 1. The van der Waals surface area contributed by atoms with Crippen molar-refractivity contribution in [1.29, 1.82) is 0 Å². The van der Waals surface area contributed by atoms with Crippen LogP contribution in [0.4, 0.5) is 5.69 Å². The van der Waals surface area contributed by atoms with Crippen LogP contribution in [-0.4, -0.2) is 6.10 Å². The SMILES string of the molecule is CC1CCCC(OCc2c(N)cccc2Cl)C1. The number of hydrogen-bond acceptors (Lipinski definition) is 2. The molecule has 2 rings (SSSR count). The van der Waals surface area contributed by atoms with Crippen molar-refractivity contribution in [3.05, 3.63) is 28.8 Å². The number of benzene rings is 1. The average molecular weight is 254 g/mol. The first-order valence-electron chi connectivity index (χ1n) is 6.31. The lowest BCUT2D eigenvalue weighted by molar-refractivity contribution is 0.00496. The molecule has 0 bridgehead atoms. The van der Waals surface area contributed by atoms with E-state index < -0.39 is 0 Å². The molecule has 0 saturated heterocycles. The van der Waals surface area contributed by atoms with E-state index >= 15 is 0 Å². The van der Waals surface area contributed by atoms with Gasteiger partial charge in [-0.2, -0.15) is 0 Å². The van der Waals surface area contributed by atoms with Gasteiger partial charge in [0.1, 0.15) is 0 Å². The highest BCUT2D eigenvalue weighted by atomic mass is 35.5. The van der Waals surface area contributed by atoms with Crippen LogP contribution < -0.4 is 5.73 Å². The molecule has 0 radical (unpaired) electrons. The summed E-state index contributed by atoms with van der Waals surface area (Å²) in [5.74, 6) is 0.775. The predicted molar refractivity (Wildman–Crippen MR) is 72.1 cm³/mol. The maximum atomic E-state index is 6.12. The number of halogens is 1. The molecule has 1 aliphatic rings. The minimum absolute atomic E-state index is 0.370. The minimum atomic E-state index is 0.370. The monoisotopic (exact) mass is 253 g/mol. The fourth-order valence-electron chi connectivity index (χ4n) is 2.46. The summed E-state index contributed by atoms with van der Waals surface area (Å²) < 4.78 is 5.94. The summed E-state index contributed by atoms with van der Waals surface area (Å²) in [7, 11) is 0. The quantitative estimate of drug-likeness (QED) is 0.826. The first kappa shape index (κ1) is 12.7. The maximum absolute atomic E-state index is 6.12. The Labute approximate surface area is 108 Å². The van der Waals surface area contributed by atoms with Crippen LogP contribution in [0, 0.1) is 5.92 Å². The van der Waals surface area contributed by atoms with Gasteiger partial charge in [-0.25, -0.2) is 0 Å². The molecule has 3 heteroatoms. The van der Waals surface area contributed by atoms with Crippen LogP contribution >= 0.6 is 11.6 Å². The van der Waals surface area contributed by atoms with E-state index in [9.17, 15) is 0 Å². The summed E-state index contributed by atoms with van der Waals surface area (Å²) in [5.41, 5.74) is 7.55. The van der Waals surface area contributed by atoms with Crippen molar-refractivity contribution in [3.8, 4) is 0 Å². The lowest BCUT2D eigenvalue weighted by Gasteiger charge is -2.27. The highest BCUT2D eigenvalue weighted by Gasteiger charge is 2.19. The minimum Gasteiger partial charge on any atom is -0.398 e. The van der Waals surface area contributed by atoms with Gasteiger partial charge < -0.3 is 10.5 Å². The Morgan fingerprint density at radius 1 is 1.41 bits per heavy atom. The van der Waals surface area contributed by atoms with Gasteiger partial charge in [-0.1, -0.05) is 37.4 Å². The lowest BCUT2D eigenvalue weighted by Crippen LogP contribution is -2.21. The van der Waals surface area contributed by atoms with Gasteiger partial charge in [-0.15, -0.1) is 0 Å². The summed E-state index contributed by atoms with van der Waals surface area (Å²) in [5, 5.41) is 0.703. The molecule has 0 aliphatic heterocycles. The van der Waals surface area contributed by atoms with Gasteiger partial charge >= 0.3 is 0 Å². The largest absolute Gasteiger partial charge is 0.398 e. The third-order valence-electron chi connectivity index (χ3n) is 3.51. The number of nitrogens with two attached hydrogens (primary N) is 1. The third-order valence-corrected chi connectivity index (χ3v) is 3.86. The molecule has 0 spiro atoms. The summed E-state index contributed by atoms with van der Waals surface area (Å²) in [6.07, 6.45) is 5.28. The third kappa shape index (κ3) is 3.36. The van der Waals surface area contributed by atoms with Crippen molar-refractivity contribution in [2.45, 2.75) is 45.3 Å². The molecule has 0 aromatic heterocycles. The smallest absolute Gasteiger partial charge is 0.0755 e. The molecule has 17 heavy (non-hydrogen) atoms. The number of hydrogen-bond donors (Lipinski definition) is 1. The Hall–Kier alpha value is -0.730. The topological polar surface area (TPSA) is 35.2 Å². The molecule has 2 unspecified atom stereocenters. The highest BCUT2D eigenvalue weighted by molar-refractivity contribution is 6.31. The second kappa shape index (κ2) is 5.74. The molecule has 1 aromatic carbocycles. The van der Waals surface area contributed by atoms with Gasteiger partial charge in [0.05, 0.1) is 12.7 Å². The summed E-state index contributed by atoms with van der Waals surface area (Å²) in [6.45, 7) is 2.82. The van der Waals surface area contributed by atoms with Gasteiger partial charge in [0.15, 0.2) is 0 Å². The molecule has 0 heterocycles. The van der Waals surface area contributed by atoms with Gasteiger partial charge in [-0.3, -0.25) is 0 Å². The van der Waals surface area contributed by atoms with Crippen LogP contribution in [-0.2, 0) is 11.3 Å². The Bertz CT molecular complexity index is 360. The van der Waals surface area contributed by atoms with E-state index in [-0.39, 0.29) is 0 Å². The van der Waals surface area contributed by atoms with Crippen molar-refractivity contribution in [2.24, 2.45) is 5.92 Å². The van der Waals surface area contributed by atoms with Crippen molar-refractivity contribution >= 4 is 17.3 Å². The van der Waals surface area contributed by atoms with E-state index in [1.165, 1.54) is 12.8 Å². The zero-order valence-electron chi connectivity index (χ0n) is 10.3. The van der Waals surface area contributed by atoms with E-state index in [2.05, 4.69) is 6.92 Å². The molecule has 94 valence electrons. The van der Waals surface area contributed by atoms with Crippen molar-refractivity contribution < 1.29 is 4.74 Å². The van der Waals surface area contributed by atoms with E-state index in [0.717, 1.165) is 30.0 Å². The molecule has 1 saturated carbocycles. The molecule has 1 aromatic rings. The summed E-state index contributed by atoms with van der Waals surface area (Å²) in [4.78, 5) is 0. The second-order valence-corrected chi connectivity index (χ2v) is 5.42. The first-order chi connectivity index (χ1) is 8.16. The molecular weight excluding hydrogens is 234 g/mol. The van der Waals surface area contributed by atoms with Crippen LogP contribution in [0.25, 0.3) is 0 Å². The van der Waals surface area contributed by atoms with Gasteiger partial charge in [0.2, 0.25) is 0 Å². The second-order valence-electron chi connectivity index (χ2n) is 5.01. The molecule has 2 N–H and O–H groups in total. The van der Waals surface area contributed by atoms with Gasteiger partial charge in [0, 0.05) is 16.3 Å². The van der Waals surface area contributed by atoms with Crippen LogP contribution in [0.2, 0.25) is 5.02 Å². The number of nitrogen functional groups attached to an aromatic ring is 1. The van der Waals surface area contributed by atoms with E-state index in [1.807, 2.05) is 18.2 Å². The fourth-order valence-corrected chi connectivity index (χ4v) is 2.70. The van der Waals surface area contributed by atoms with Crippen LogP contribution in [0.1, 0.15) is 38.2 Å². The summed E-state index contributed by atoms with van der Waals surface area (Å²) in [6, 6.07) is 5.60. The molecule has 1 aliphatic carbocycles. The number of anilines is 1. The predicted octanol–water partition coefficient (Wildman–Crippen LogP) is 4.02. The van der Waals surface area contributed by atoms with Gasteiger partial charge in [0.25, 0.3) is 0 Å². The zero-order chi connectivity index (χ0) is 12.3. The van der Waals surface area contributed by atoms with E-state index in [4.69, 9.17) is 22.1 Å². The maximum Gasteiger partial charge on any atom is 0.0755 e. The molecule has 2 atom stereocenters. The molecule has 1 fully saturated rings. The Balaban J connectivity index is 1.93. The normalized spacial score (nSPS) is 24.8. The lowest BCUT2D eigenvalue weighted by atomic mass is 9.89. The first-order valence-corrected chi connectivity index (χ1v) is 6.69. The van der Waals surface area contributed by atoms with E-state index in [1.54, 1.807) is 0 Å². The van der Waals surface area contributed by atoms with Gasteiger partial charge in [-0.05, 0) is 30.9 Å². The fraction of sp³-hybridized carbons (Fsp3) is 0.571. The summed E-state index contributed by atoms with van der Waals surface area (Å²) >= 11 is 6.12. The van der Waals surface area contributed by atoms with E-state index in [0.29, 0.717) is 17.7 Å². The highest BCUT2D eigenvalue weighted by Crippen LogP contribution is 2.28.